The number of fused-ring (bicyclic) bond motifs is 1. The Balaban J connectivity index is 1.43. The van der Waals surface area contributed by atoms with Crippen molar-refractivity contribution in [3.8, 4) is 0 Å². The Morgan fingerprint density at radius 1 is 1.12 bits per heavy atom. The van der Waals surface area contributed by atoms with Crippen LogP contribution in [0.3, 0.4) is 0 Å². The average Bonchev–Trinajstić information content (AvgIpc) is 3.28. The van der Waals surface area contributed by atoms with Gasteiger partial charge in [-0.05, 0) is 29.5 Å². The molecule has 0 saturated carbocycles. The number of carbonyl (C=O) groups excluding carboxylic acids is 3. The van der Waals surface area contributed by atoms with Crippen molar-refractivity contribution in [1.29, 1.82) is 0 Å². The molecule has 0 atom stereocenters. The molecule has 25 heavy (non-hydrogen) atoms. The van der Waals surface area contributed by atoms with Gasteiger partial charge in [0.1, 0.15) is 0 Å². The number of nitrogens with one attached hydrogen (secondary N) is 2. The zero-order valence-electron chi connectivity index (χ0n) is 13.3. The molecule has 2 N–H and O–H groups in total. The van der Waals surface area contributed by atoms with Crippen LogP contribution in [0.15, 0.2) is 48.0 Å². The molecule has 0 radical (unpaired) electrons. The summed E-state index contributed by atoms with van der Waals surface area (Å²) in [5.41, 5.74) is 2.03. The van der Waals surface area contributed by atoms with E-state index in [-0.39, 0.29) is 6.42 Å². The fourth-order valence-electron chi connectivity index (χ4n) is 2.43. The number of para-hydroxylation sites is 1. The molecule has 7 heteroatoms. The van der Waals surface area contributed by atoms with E-state index in [9.17, 15) is 14.4 Å². The van der Waals surface area contributed by atoms with E-state index in [0.717, 1.165) is 16.5 Å². The lowest BCUT2D eigenvalue weighted by Crippen LogP contribution is -2.33. The van der Waals surface area contributed by atoms with Crippen LogP contribution in [0, 0.1) is 0 Å². The molecule has 0 spiro atoms. The van der Waals surface area contributed by atoms with Crippen molar-refractivity contribution in [2.45, 2.75) is 12.8 Å². The number of hydrogen-bond donors (Lipinski definition) is 2. The number of imide groups is 1. The molecular weight excluding hydrogens is 340 g/mol. The summed E-state index contributed by atoms with van der Waals surface area (Å²) in [5.74, 6) is -1.61. The Morgan fingerprint density at radius 3 is 2.76 bits per heavy atom. The van der Waals surface area contributed by atoms with Gasteiger partial charge in [0.15, 0.2) is 6.61 Å². The summed E-state index contributed by atoms with van der Waals surface area (Å²) in [6.45, 7) is -0.468. The van der Waals surface area contributed by atoms with E-state index >= 15 is 0 Å². The predicted molar refractivity (Wildman–Crippen MR) is 94.4 cm³/mol. The van der Waals surface area contributed by atoms with E-state index in [1.54, 1.807) is 17.5 Å². The molecular formula is C18H16N2O4S. The first-order chi connectivity index (χ1) is 12.1. The van der Waals surface area contributed by atoms with Gasteiger partial charge in [-0.3, -0.25) is 19.7 Å². The number of hydrogen-bond acceptors (Lipinski definition) is 5. The second-order valence-corrected chi connectivity index (χ2v) is 6.32. The van der Waals surface area contributed by atoms with Crippen LogP contribution in [0.1, 0.15) is 21.7 Å². The summed E-state index contributed by atoms with van der Waals surface area (Å²) in [6, 6.07) is 11.2. The van der Waals surface area contributed by atoms with Gasteiger partial charge in [-0.25, -0.2) is 0 Å². The zero-order chi connectivity index (χ0) is 17.6. The van der Waals surface area contributed by atoms with Crippen molar-refractivity contribution in [2.24, 2.45) is 0 Å². The zero-order valence-corrected chi connectivity index (χ0v) is 14.1. The number of rotatable bonds is 6. The minimum atomic E-state index is -0.640. The van der Waals surface area contributed by atoms with Crippen molar-refractivity contribution in [3.05, 3.63) is 58.4 Å². The van der Waals surface area contributed by atoms with Crippen LogP contribution < -0.4 is 5.32 Å². The molecule has 1 aromatic carbocycles. The summed E-state index contributed by atoms with van der Waals surface area (Å²) in [5, 5.41) is 4.99. The molecule has 0 fully saturated rings. The number of carbonyl (C=O) groups is 3. The minimum absolute atomic E-state index is 0.161. The van der Waals surface area contributed by atoms with Gasteiger partial charge in [-0.1, -0.05) is 24.3 Å². The topological polar surface area (TPSA) is 88.3 Å². The van der Waals surface area contributed by atoms with Crippen LogP contribution in [0.25, 0.3) is 10.9 Å². The van der Waals surface area contributed by atoms with Gasteiger partial charge in [-0.15, -0.1) is 11.3 Å². The van der Waals surface area contributed by atoms with Gasteiger partial charge in [-0.2, -0.15) is 0 Å². The number of benzene rings is 1. The number of thiophene rings is 1. The van der Waals surface area contributed by atoms with Crippen LogP contribution in [0.4, 0.5) is 0 Å². The van der Waals surface area contributed by atoms with Crippen LogP contribution in [0.5, 0.6) is 0 Å². The number of aromatic amines is 1. The van der Waals surface area contributed by atoms with Gasteiger partial charge in [0.25, 0.3) is 11.8 Å². The average molecular weight is 356 g/mol. The van der Waals surface area contributed by atoms with Gasteiger partial charge < -0.3 is 9.72 Å². The number of amides is 2. The molecule has 3 rings (SSSR count). The largest absolute Gasteiger partial charge is 0.456 e. The third kappa shape index (κ3) is 4.33. The molecule has 2 amide bonds. The molecule has 2 heterocycles. The third-order valence-corrected chi connectivity index (χ3v) is 4.50. The SMILES string of the molecule is O=C(COC(=O)CCc1c[nH]c2ccccc12)NC(=O)c1cccs1. The summed E-state index contributed by atoms with van der Waals surface area (Å²) in [7, 11) is 0. The van der Waals surface area contributed by atoms with Gasteiger partial charge >= 0.3 is 5.97 Å². The molecule has 0 saturated heterocycles. The van der Waals surface area contributed by atoms with Crippen LogP contribution in [0.2, 0.25) is 0 Å². The first kappa shape index (κ1) is 16.9. The second kappa shape index (κ2) is 7.76. The quantitative estimate of drug-likeness (QED) is 0.665. The fraction of sp³-hybridized carbons (Fsp3) is 0.167. The van der Waals surface area contributed by atoms with Crippen molar-refractivity contribution in [1.82, 2.24) is 10.3 Å². The lowest BCUT2D eigenvalue weighted by molar-refractivity contribution is -0.148. The van der Waals surface area contributed by atoms with E-state index in [2.05, 4.69) is 10.3 Å². The van der Waals surface area contributed by atoms with Gasteiger partial charge in [0.2, 0.25) is 0 Å². The maximum atomic E-state index is 11.8. The summed E-state index contributed by atoms with van der Waals surface area (Å²) in [6.07, 6.45) is 2.54. The Bertz CT molecular complexity index is 899. The maximum Gasteiger partial charge on any atom is 0.306 e. The number of esters is 1. The molecule has 0 aliphatic rings. The lowest BCUT2D eigenvalue weighted by Gasteiger charge is -2.05. The highest BCUT2D eigenvalue weighted by molar-refractivity contribution is 7.12. The number of aromatic nitrogens is 1. The molecule has 0 aliphatic heterocycles. The highest BCUT2D eigenvalue weighted by atomic mass is 32.1. The number of H-pyrrole nitrogens is 1. The van der Waals surface area contributed by atoms with Crippen molar-refractivity contribution in [2.75, 3.05) is 6.61 Å². The second-order valence-electron chi connectivity index (χ2n) is 5.37. The highest BCUT2D eigenvalue weighted by Crippen LogP contribution is 2.19. The van der Waals surface area contributed by atoms with Crippen molar-refractivity contribution >= 4 is 40.0 Å². The normalized spacial score (nSPS) is 10.6. The van der Waals surface area contributed by atoms with E-state index in [4.69, 9.17) is 4.74 Å². The number of ether oxygens (including phenoxy) is 1. The van der Waals surface area contributed by atoms with E-state index in [0.29, 0.717) is 11.3 Å². The van der Waals surface area contributed by atoms with Crippen molar-refractivity contribution in [3.63, 3.8) is 0 Å². The predicted octanol–water partition coefficient (Wildman–Crippen LogP) is 2.66. The molecule has 6 nitrogen and oxygen atoms in total. The lowest BCUT2D eigenvalue weighted by atomic mass is 10.1. The van der Waals surface area contributed by atoms with E-state index in [1.807, 2.05) is 30.5 Å². The Labute approximate surface area is 147 Å². The van der Waals surface area contributed by atoms with Gasteiger partial charge in [0.05, 0.1) is 4.88 Å². The fourth-order valence-corrected chi connectivity index (χ4v) is 3.04. The van der Waals surface area contributed by atoms with Crippen LogP contribution >= 0.6 is 11.3 Å². The highest BCUT2D eigenvalue weighted by Gasteiger charge is 2.13. The summed E-state index contributed by atoms with van der Waals surface area (Å²) >= 11 is 1.23. The Kier molecular flexibility index (Phi) is 5.25. The Morgan fingerprint density at radius 2 is 1.96 bits per heavy atom. The summed E-state index contributed by atoms with van der Waals surface area (Å²) < 4.78 is 4.92. The first-order valence-electron chi connectivity index (χ1n) is 7.72. The molecule has 2 aromatic heterocycles. The van der Waals surface area contributed by atoms with Crippen LogP contribution in [-0.2, 0) is 20.7 Å². The Hall–Kier alpha value is -2.93. The van der Waals surface area contributed by atoms with Crippen LogP contribution in [-0.4, -0.2) is 29.4 Å². The monoisotopic (exact) mass is 356 g/mol. The van der Waals surface area contributed by atoms with Gasteiger partial charge in [0, 0.05) is 23.5 Å². The molecule has 128 valence electrons. The molecule has 3 aromatic rings. The minimum Gasteiger partial charge on any atom is -0.456 e. The molecule has 0 aliphatic carbocycles. The van der Waals surface area contributed by atoms with E-state index < -0.39 is 24.4 Å². The first-order valence-corrected chi connectivity index (χ1v) is 8.60. The molecule has 0 unspecified atom stereocenters. The van der Waals surface area contributed by atoms with Crippen molar-refractivity contribution < 1.29 is 19.1 Å². The third-order valence-electron chi connectivity index (χ3n) is 3.64. The number of aryl methyl sites for hydroxylation is 1. The standard InChI is InChI=1S/C18H16N2O4S/c21-16(20-18(23)15-6-3-9-25-15)11-24-17(22)8-7-12-10-19-14-5-2-1-4-13(12)14/h1-6,9-10,19H,7-8,11H2,(H,20,21,23). The molecule has 0 bridgehead atoms. The van der Waals surface area contributed by atoms with E-state index in [1.165, 1.54) is 11.3 Å². The maximum absolute atomic E-state index is 11.8. The summed E-state index contributed by atoms with van der Waals surface area (Å²) in [4.78, 5) is 38.7. The smallest absolute Gasteiger partial charge is 0.306 e.